The average molecular weight is 273 g/mol. The van der Waals surface area contributed by atoms with E-state index in [-0.39, 0.29) is 11.9 Å². The van der Waals surface area contributed by atoms with Crippen molar-refractivity contribution in [3.8, 4) is 11.8 Å². The molecule has 0 aliphatic carbocycles. The van der Waals surface area contributed by atoms with Gasteiger partial charge in [-0.05, 0) is 37.6 Å². The fourth-order valence-electron chi connectivity index (χ4n) is 2.38. The second kappa shape index (κ2) is 6.40. The molecule has 5 nitrogen and oxygen atoms in total. The Morgan fingerprint density at radius 2 is 2.35 bits per heavy atom. The smallest absolute Gasteiger partial charge is 0.239 e. The van der Waals surface area contributed by atoms with E-state index in [0.29, 0.717) is 17.9 Å². The molecule has 0 bridgehead atoms. The third kappa shape index (κ3) is 3.09. The highest BCUT2D eigenvalue weighted by molar-refractivity contribution is 5.81. The molecular formula is C15H19N3O2. The summed E-state index contributed by atoms with van der Waals surface area (Å²) in [5, 5.41) is 12.3. The molecule has 5 heteroatoms. The summed E-state index contributed by atoms with van der Waals surface area (Å²) in [7, 11) is 1.54. The van der Waals surface area contributed by atoms with Gasteiger partial charge in [0.1, 0.15) is 11.8 Å². The van der Waals surface area contributed by atoms with Crippen molar-refractivity contribution in [1.29, 1.82) is 5.26 Å². The molecule has 0 saturated carbocycles. The molecule has 0 aromatic heterocycles. The third-order valence-corrected chi connectivity index (χ3v) is 3.50. The number of amides is 1. The number of carbonyl (C=O) groups excluding carboxylic acids is 1. The molecule has 1 atom stereocenters. The van der Waals surface area contributed by atoms with E-state index >= 15 is 0 Å². The number of benzene rings is 1. The van der Waals surface area contributed by atoms with Crippen molar-refractivity contribution in [1.82, 2.24) is 10.2 Å². The van der Waals surface area contributed by atoms with Gasteiger partial charge in [-0.3, -0.25) is 4.79 Å². The van der Waals surface area contributed by atoms with Gasteiger partial charge in [0, 0.05) is 13.1 Å². The first-order chi connectivity index (χ1) is 9.65. The molecule has 1 amide bonds. The molecule has 106 valence electrons. The lowest BCUT2D eigenvalue weighted by molar-refractivity contribution is -0.132. The van der Waals surface area contributed by atoms with Gasteiger partial charge in [0.25, 0.3) is 0 Å². The molecule has 1 aromatic rings. The Balaban J connectivity index is 2.17. The summed E-state index contributed by atoms with van der Waals surface area (Å²) >= 11 is 0. The molecule has 1 unspecified atom stereocenters. The van der Waals surface area contributed by atoms with Crippen LogP contribution in [0.4, 0.5) is 0 Å². The predicted molar refractivity (Wildman–Crippen MR) is 75.2 cm³/mol. The summed E-state index contributed by atoms with van der Waals surface area (Å²) in [6.45, 7) is 4.01. The maximum absolute atomic E-state index is 12.2. The number of hydrogen-bond acceptors (Lipinski definition) is 4. The Kier molecular flexibility index (Phi) is 4.59. The zero-order valence-corrected chi connectivity index (χ0v) is 11.8. The Bertz CT molecular complexity index is 536. The largest absolute Gasteiger partial charge is 0.495 e. The predicted octanol–water partition coefficient (Wildman–Crippen LogP) is 1.28. The van der Waals surface area contributed by atoms with Crippen molar-refractivity contribution in [3.05, 3.63) is 29.3 Å². The van der Waals surface area contributed by atoms with E-state index in [1.165, 1.54) is 0 Å². The third-order valence-electron chi connectivity index (χ3n) is 3.50. The highest BCUT2D eigenvalue weighted by Crippen LogP contribution is 2.20. The van der Waals surface area contributed by atoms with E-state index in [4.69, 9.17) is 10.00 Å². The van der Waals surface area contributed by atoms with Crippen LogP contribution >= 0.6 is 0 Å². The van der Waals surface area contributed by atoms with Gasteiger partial charge in [-0.2, -0.15) is 5.26 Å². The summed E-state index contributed by atoms with van der Waals surface area (Å²) in [5.74, 6) is 0.672. The maximum atomic E-state index is 12.2. The molecule has 0 radical (unpaired) electrons. The summed E-state index contributed by atoms with van der Waals surface area (Å²) in [4.78, 5) is 14.0. The first-order valence-electron chi connectivity index (χ1n) is 6.75. The summed E-state index contributed by atoms with van der Waals surface area (Å²) in [6.07, 6.45) is 0.942. The highest BCUT2D eigenvalue weighted by Gasteiger charge is 2.23. The van der Waals surface area contributed by atoms with E-state index in [9.17, 15) is 4.79 Å². The standard InChI is InChI=1S/C15H19N3O2/c1-11-15(19)18(7-3-6-17-11)10-12-4-5-14(20-2)13(8-12)9-16/h4-5,8,11,17H,3,6-7,10H2,1-2H3. The number of methoxy groups -OCH3 is 1. The van der Waals surface area contributed by atoms with Crippen molar-refractivity contribution in [2.75, 3.05) is 20.2 Å². The van der Waals surface area contributed by atoms with Crippen LogP contribution in [0.15, 0.2) is 18.2 Å². The quantitative estimate of drug-likeness (QED) is 0.901. The van der Waals surface area contributed by atoms with Gasteiger partial charge >= 0.3 is 0 Å². The normalized spacial score (nSPS) is 19.4. The van der Waals surface area contributed by atoms with Gasteiger partial charge in [-0.1, -0.05) is 6.07 Å². The number of nitrogens with zero attached hydrogens (tertiary/aromatic N) is 2. The lowest BCUT2D eigenvalue weighted by atomic mass is 10.1. The number of carbonyl (C=O) groups is 1. The molecule has 1 N–H and O–H groups in total. The van der Waals surface area contributed by atoms with E-state index in [0.717, 1.165) is 25.1 Å². The van der Waals surface area contributed by atoms with E-state index in [2.05, 4.69) is 11.4 Å². The zero-order valence-electron chi connectivity index (χ0n) is 11.8. The second-order valence-electron chi connectivity index (χ2n) is 4.94. The Morgan fingerprint density at radius 1 is 1.55 bits per heavy atom. The van der Waals surface area contributed by atoms with Gasteiger partial charge in [-0.15, -0.1) is 0 Å². The number of ether oxygens (including phenoxy) is 1. The molecule has 1 aromatic carbocycles. The first kappa shape index (κ1) is 14.4. The molecule has 1 aliphatic heterocycles. The van der Waals surface area contributed by atoms with E-state index < -0.39 is 0 Å². The molecule has 1 aliphatic rings. The van der Waals surface area contributed by atoms with Crippen LogP contribution in [0.2, 0.25) is 0 Å². The maximum Gasteiger partial charge on any atom is 0.239 e. The van der Waals surface area contributed by atoms with Crippen LogP contribution < -0.4 is 10.1 Å². The highest BCUT2D eigenvalue weighted by atomic mass is 16.5. The number of hydrogen-bond donors (Lipinski definition) is 1. The van der Waals surface area contributed by atoms with Crippen molar-refractivity contribution >= 4 is 5.91 Å². The fourth-order valence-corrected chi connectivity index (χ4v) is 2.38. The molecule has 2 rings (SSSR count). The minimum absolute atomic E-state index is 0.108. The van der Waals surface area contributed by atoms with Gasteiger partial charge in [-0.25, -0.2) is 0 Å². The van der Waals surface area contributed by atoms with Crippen LogP contribution in [0.5, 0.6) is 5.75 Å². The number of nitriles is 1. The summed E-state index contributed by atoms with van der Waals surface area (Å²) < 4.78 is 5.13. The van der Waals surface area contributed by atoms with Crippen molar-refractivity contribution in [2.45, 2.75) is 25.9 Å². The van der Waals surface area contributed by atoms with Crippen LogP contribution in [-0.2, 0) is 11.3 Å². The lowest BCUT2D eigenvalue weighted by Crippen LogP contribution is -2.41. The topological polar surface area (TPSA) is 65.4 Å². The van der Waals surface area contributed by atoms with Gasteiger partial charge < -0.3 is 15.0 Å². The Morgan fingerprint density at radius 3 is 3.05 bits per heavy atom. The van der Waals surface area contributed by atoms with Crippen LogP contribution in [-0.4, -0.2) is 37.0 Å². The molecule has 1 heterocycles. The average Bonchev–Trinajstić information content (AvgIpc) is 2.62. The van der Waals surface area contributed by atoms with E-state index in [1.807, 2.05) is 17.9 Å². The second-order valence-corrected chi connectivity index (χ2v) is 4.94. The Hall–Kier alpha value is -2.06. The first-order valence-corrected chi connectivity index (χ1v) is 6.75. The van der Waals surface area contributed by atoms with E-state index in [1.54, 1.807) is 19.2 Å². The monoisotopic (exact) mass is 273 g/mol. The van der Waals surface area contributed by atoms with Crippen LogP contribution in [0, 0.1) is 11.3 Å². The Labute approximate surface area is 119 Å². The minimum atomic E-state index is -0.147. The number of rotatable bonds is 3. The lowest BCUT2D eigenvalue weighted by Gasteiger charge is -2.23. The van der Waals surface area contributed by atoms with Crippen molar-refractivity contribution < 1.29 is 9.53 Å². The fraction of sp³-hybridized carbons (Fsp3) is 0.467. The van der Waals surface area contributed by atoms with Gasteiger partial charge in [0.05, 0.1) is 18.7 Å². The number of nitrogens with one attached hydrogen (secondary N) is 1. The molecule has 0 spiro atoms. The zero-order chi connectivity index (χ0) is 14.5. The SMILES string of the molecule is COc1ccc(CN2CCCNC(C)C2=O)cc1C#N. The molecule has 1 fully saturated rings. The summed E-state index contributed by atoms with van der Waals surface area (Å²) in [5.41, 5.74) is 1.45. The van der Waals surface area contributed by atoms with Gasteiger partial charge in [0.15, 0.2) is 0 Å². The minimum Gasteiger partial charge on any atom is -0.495 e. The molecule has 1 saturated heterocycles. The van der Waals surface area contributed by atoms with Gasteiger partial charge in [0.2, 0.25) is 5.91 Å². The van der Waals surface area contributed by atoms with Crippen LogP contribution in [0.1, 0.15) is 24.5 Å². The molecule has 20 heavy (non-hydrogen) atoms. The van der Waals surface area contributed by atoms with Crippen molar-refractivity contribution in [3.63, 3.8) is 0 Å². The summed E-state index contributed by atoms with van der Waals surface area (Å²) in [6, 6.07) is 7.43. The van der Waals surface area contributed by atoms with Crippen molar-refractivity contribution in [2.24, 2.45) is 0 Å². The van der Waals surface area contributed by atoms with Crippen LogP contribution in [0.3, 0.4) is 0 Å². The van der Waals surface area contributed by atoms with Crippen LogP contribution in [0.25, 0.3) is 0 Å². The molecular weight excluding hydrogens is 254 g/mol.